The molecule has 0 radical (unpaired) electrons. The molecule has 0 aliphatic heterocycles. The minimum absolute atomic E-state index is 0.266. The van der Waals surface area contributed by atoms with E-state index in [4.69, 9.17) is 4.74 Å². The third kappa shape index (κ3) is 7.45. The van der Waals surface area contributed by atoms with Gasteiger partial charge in [-0.2, -0.15) is 0 Å². The highest BCUT2D eigenvalue weighted by Gasteiger charge is 2.31. The zero-order valence-corrected chi connectivity index (χ0v) is 22.1. The normalized spacial score (nSPS) is 24.7. The summed E-state index contributed by atoms with van der Waals surface area (Å²) in [6, 6.07) is 16.2. The van der Waals surface area contributed by atoms with E-state index in [1.165, 1.54) is 94.6 Å². The fraction of sp³-hybridized carbons (Fsp3) is 0.606. The van der Waals surface area contributed by atoms with Crippen LogP contribution in [0.2, 0.25) is 0 Å². The largest absolute Gasteiger partial charge is 0.423 e. The lowest BCUT2D eigenvalue weighted by atomic mass is 9.68. The van der Waals surface area contributed by atoms with Crippen molar-refractivity contribution in [3.63, 3.8) is 0 Å². The number of carbonyl (C=O) groups excluding carboxylic acids is 1. The van der Waals surface area contributed by atoms with Gasteiger partial charge in [-0.05, 0) is 110 Å². The zero-order chi connectivity index (χ0) is 24.5. The van der Waals surface area contributed by atoms with Crippen LogP contribution < -0.4 is 4.74 Å². The highest BCUT2D eigenvalue weighted by Crippen LogP contribution is 2.44. The molecule has 2 nitrogen and oxygen atoms in total. The van der Waals surface area contributed by atoms with E-state index in [-0.39, 0.29) is 5.97 Å². The highest BCUT2D eigenvalue weighted by molar-refractivity contribution is 5.91. The summed E-state index contributed by atoms with van der Waals surface area (Å²) in [5.41, 5.74) is 3.34. The molecule has 0 spiro atoms. The van der Waals surface area contributed by atoms with E-state index in [9.17, 15) is 4.79 Å². The number of hydrogen-bond acceptors (Lipinski definition) is 2. The van der Waals surface area contributed by atoms with Crippen LogP contribution in [0.4, 0.5) is 0 Å². The van der Waals surface area contributed by atoms with E-state index in [0.717, 1.165) is 24.2 Å². The first-order chi connectivity index (χ1) is 17.2. The lowest BCUT2D eigenvalue weighted by Crippen LogP contribution is -2.25. The van der Waals surface area contributed by atoms with E-state index in [1.54, 1.807) is 0 Å². The molecule has 2 heteroatoms. The topological polar surface area (TPSA) is 26.3 Å². The first-order valence-corrected chi connectivity index (χ1v) is 14.6. The maximum absolute atomic E-state index is 12.7. The number of ether oxygens (including phenoxy) is 1. The Morgan fingerprint density at radius 2 is 1.37 bits per heavy atom. The third-order valence-electron chi connectivity index (χ3n) is 8.85. The first kappa shape index (κ1) is 26.0. The standard InChI is InChI=1S/C33H46O2/c1-3-5-6-8-26-11-23-32(24-12-26)35-33(34)31-21-19-30(20-22-31)29-17-15-28(16-18-29)27-13-9-25(7-4-2)10-14-27/h11-12,19-25,27-29H,3-10,13-18H2,1-2H3. The predicted octanol–water partition coefficient (Wildman–Crippen LogP) is 9.52. The van der Waals surface area contributed by atoms with E-state index in [1.807, 2.05) is 24.3 Å². The van der Waals surface area contributed by atoms with Crippen LogP contribution >= 0.6 is 0 Å². The van der Waals surface area contributed by atoms with Gasteiger partial charge in [0.2, 0.25) is 0 Å². The van der Waals surface area contributed by atoms with Crippen molar-refractivity contribution < 1.29 is 9.53 Å². The molecule has 2 saturated carbocycles. The number of unbranched alkanes of at least 4 members (excludes halogenated alkanes) is 2. The number of carbonyl (C=O) groups is 1. The number of aryl methyl sites for hydroxylation is 1. The van der Waals surface area contributed by atoms with E-state index < -0.39 is 0 Å². The monoisotopic (exact) mass is 474 g/mol. The Labute approximate surface area is 213 Å². The molecular formula is C33H46O2. The lowest BCUT2D eigenvalue weighted by Gasteiger charge is -2.38. The summed E-state index contributed by atoms with van der Waals surface area (Å²) in [6.45, 7) is 4.55. The van der Waals surface area contributed by atoms with Gasteiger partial charge in [0.25, 0.3) is 0 Å². The molecule has 0 atom stereocenters. The number of benzene rings is 2. The molecule has 2 aromatic carbocycles. The molecule has 0 amide bonds. The summed E-state index contributed by atoms with van der Waals surface area (Å²) in [4.78, 5) is 12.7. The summed E-state index contributed by atoms with van der Waals surface area (Å²) in [5.74, 6) is 3.94. The summed E-state index contributed by atoms with van der Waals surface area (Å²) >= 11 is 0. The minimum atomic E-state index is -0.266. The van der Waals surface area contributed by atoms with Crippen LogP contribution in [0.3, 0.4) is 0 Å². The molecule has 0 unspecified atom stereocenters. The number of esters is 1. The predicted molar refractivity (Wildman–Crippen MR) is 146 cm³/mol. The van der Waals surface area contributed by atoms with Crippen molar-refractivity contribution >= 4 is 5.97 Å². The second-order valence-corrected chi connectivity index (χ2v) is 11.3. The van der Waals surface area contributed by atoms with Crippen LogP contribution in [-0.4, -0.2) is 5.97 Å². The molecule has 2 aromatic rings. The van der Waals surface area contributed by atoms with Gasteiger partial charge in [-0.15, -0.1) is 0 Å². The smallest absolute Gasteiger partial charge is 0.343 e. The zero-order valence-electron chi connectivity index (χ0n) is 22.1. The Bertz CT molecular complexity index is 882. The van der Waals surface area contributed by atoms with Crippen LogP contribution in [0.15, 0.2) is 48.5 Å². The average molecular weight is 475 g/mol. The molecule has 0 aromatic heterocycles. The lowest BCUT2D eigenvalue weighted by molar-refractivity contribution is 0.0734. The van der Waals surface area contributed by atoms with Crippen molar-refractivity contribution in [3.8, 4) is 5.75 Å². The molecule has 0 N–H and O–H groups in total. The molecule has 0 saturated heterocycles. The second kappa shape index (κ2) is 13.3. The molecule has 190 valence electrons. The van der Waals surface area contributed by atoms with Crippen LogP contribution in [-0.2, 0) is 6.42 Å². The maximum atomic E-state index is 12.7. The summed E-state index contributed by atoms with van der Waals surface area (Å²) in [7, 11) is 0. The molecule has 0 heterocycles. The summed E-state index contributed by atoms with van der Waals surface area (Å²) < 4.78 is 5.63. The molecule has 2 aliphatic carbocycles. The Morgan fingerprint density at radius 3 is 1.97 bits per heavy atom. The van der Waals surface area contributed by atoms with Gasteiger partial charge in [-0.25, -0.2) is 4.79 Å². The van der Waals surface area contributed by atoms with Crippen LogP contribution in [0.5, 0.6) is 5.75 Å². The fourth-order valence-electron chi connectivity index (χ4n) is 6.64. The quantitative estimate of drug-likeness (QED) is 0.195. The first-order valence-electron chi connectivity index (χ1n) is 14.6. The SMILES string of the molecule is CCCCCc1ccc(OC(=O)c2ccc(C3CCC(C4CCC(CCC)CC4)CC3)cc2)cc1. The van der Waals surface area contributed by atoms with Crippen molar-refractivity contribution in [3.05, 3.63) is 65.2 Å². The Morgan fingerprint density at radius 1 is 0.743 bits per heavy atom. The maximum Gasteiger partial charge on any atom is 0.343 e. The van der Waals surface area contributed by atoms with Gasteiger partial charge in [0, 0.05) is 0 Å². The van der Waals surface area contributed by atoms with E-state index in [2.05, 4.69) is 38.1 Å². The second-order valence-electron chi connectivity index (χ2n) is 11.3. The molecule has 2 aliphatic rings. The summed E-state index contributed by atoms with van der Waals surface area (Å²) in [5, 5.41) is 0. The third-order valence-corrected chi connectivity index (χ3v) is 8.85. The van der Waals surface area contributed by atoms with Gasteiger partial charge in [-0.1, -0.05) is 76.6 Å². The van der Waals surface area contributed by atoms with E-state index >= 15 is 0 Å². The molecule has 0 bridgehead atoms. The minimum Gasteiger partial charge on any atom is -0.423 e. The fourth-order valence-corrected chi connectivity index (χ4v) is 6.64. The van der Waals surface area contributed by atoms with Crippen molar-refractivity contribution in [1.82, 2.24) is 0 Å². The van der Waals surface area contributed by atoms with Gasteiger partial charge in [-0.3, -0.25) is 0 Å². The van der Waals surface area contributed by atoms with Crippen molar-refractivity contribution in [2.75, 3.05) is 0 Å². The van der Waals surface area contributed by atoms with Gasteiger partial charge < -0.3 is 4.74 Å². The van der Waals surface area contributed by atoms with Gasteiger partial charge in [0.15, 0.2) is 0 Å². The van der Waals surface area contributed by atoms with Crippen LogP contribution in [0.1, 0.15) is 125 Å². The average Bonchev–Trinajstić information content (AvgIpc) is 2.91. The van der Waals surface area contributed by atoms with E-state index in [0.29, 0.717) is 17.2 Å². The van der Waals surface area contributed by atoms with Crippen LogP contribution in [0, 0.1) is 17.8 Å². The Kier molecular flexibility index (Phi) is 9.86. The van der Waals surface area contributed by atoms with Crippen molar-refractivity contribution in [1.29, 1.82) is 0 Å². The highest BCUT2D eigenvalue weighted by atomic mass is 16.5. The Hall–Kier alpha value is -2.09. The number of hydrogen-bond donors (Lipinski definition) is 0. The molecule has 4 rings (SSSR count). The van der Waals surface area contributed by atoms with Crippen molar-refractivity contribution in [2.24, 2.45) is 17.8 Å². The molecular weight excluding hydrogens is 428 g/mol. The van der Waals surface area contributed by atoms with Gasteiger partial charge in [0.1, 0.15) is 5.75 Å². The molecule has 35 heavy (non-hydrogen) atoms. The van der Waals surface area contributed by atoms with Gasteiger partial charge in [0.05, 0.1) is 5.56 Å². The molecule has 2 fully saturated rings. The van der Waals surface area contributed by atoms with Crippen molar-refractivity contribution in [2.45, 2.75) is 110 Å². The van der Waals surface area contributed by atoms with Gasteiger partial charge >= 0.3 is 5.97 Å². The Balaban J connectivity index is 1.23. The van der Waals surface area contributed by atoms with Crippen LogP contribution in [0.25, 0.3) is 0 Å². The number of rotatable bonds is 10. The summed E-state index contributed by atoms with van der Waals surface area (Å²) in [6.07, 6.45) is 18.8.